The Hall–Kier alpha value is -1.02. The molecule has 0 aliphatic carbocycles. The summed E-state index contributed by atoms with van der Waals surface area (Å²) in [5, 5.41) is 0. The van der Waals surface area contributed by atoms with Crippen LogP contribution in [0.1, 0.15) is 24.0 Å². The van der Waals surface area contributed by atoms with Crippen LogP contribution in [-0.2, 0) is 6.54 Å². The molecule has 1 heterocycles. The van der Waals surface area contributed by atoms with Gasteiger partial charge in [0.1, 0.15) is 0 Å². The molecule has 2 rings (SSSR count). The highest BCUT2D eigenvalue weighted by atomic mass is 15.1. The molecular formula is C11H16N2. The molecule has 1 aliphatic rings. The third-order valence-electron chi connectivity index (χ3n) is 2.75. The second kappa shape index (κ2) is 3.04. The lowest BCUT2D eigenvalue weighted by molar-refractivity contribution is 0.288. The van der Waals surface area contributed by atoms with Crippen molar-refractivity contribution < 1.29 is 0 Å². The van der Waals surface area contributed by atoms with Crippen molar-refractivity contribution in [1.29, 1.82) is 0 Å². The van der Waals surface area contributed by atoms with Crippen molar-refractivity contribution in [1.82, 2.24) is 4.90 Å². The maximum atomic E-state index is 5.96. The van der Waals surface area contributed by atoms with E-state index in [-0.39, 0.29) is 0 Å². The summed E-state index contributed by atoms with van der Waals surface area (Å²) in [4.78, 5) is 2.34. The van der Waals surface area contributed by atoms with E-state index in [1.165, 1.54) is 11.1 Å². The maximum absolute atomic E-state index is 5.96. The van der Waals surface area contributed by atoms with E-state index >= 15 is 0 Å². The Morgan fingerprint density at radius 2 is 2.23 bits per heavy atom. The van der Waals surface area contributed by atoms with Crippen molar-refractivity contribution in [2.24, 2.45) is 0 Å². The molecule has 70 valence electrons. The number of nitrogen functional groups attached to an aromatic ring is 1. The van der Waals surface area contributed by atoms with Crippen molar-refractivity contribution in [3.8, 4) is 0 Å². The summed E-state index contributed by atoms with van der Waals surface area (Å²) in [6, 6.07) is 6.22. The van der Waals surface area contributed by atoms with E-state index in [9.17, 15) is 0 Å². The molecule has 1 aromatic carbocycles. The fraction of sp³-hybridized carbons (Fsp3) is 0.455. The van der Waals surface area contributed by atoms with Gasteiger partial charge in [-0.15, -0.1) is 0 Å². The fourth-order valence-corrected chi connectivity index (χ4v) is 2.29. The van der Waals surface area contributed by atoms with Crippen LogP contribution in [0.15, 0.2) is 18.2 Å². The van der Waals surface area contributed by atoms with Crippen molar-refractivity contribution in [2.75, 3.05) is 19.3 Å². The lowest BCUT2D eigenvalue weighted by atomic mass is 9.90. The zero-order valence-corrected chi connectivity index (χ0v) is 8.25. The van der Waals surface area contributed by atoms with E-state index in [1.54, 1.807) is 0 Å². The first-order valence-electron chi connectivity index (χ1n) is 4.74. The van der Waals surface area contributed by atoms with Crippen LogP contribution in [0.3, 0.4) is 0 Å². The molecule has 0 aromatic heterocycles. The Morgan fingerprint density at radius 1 is 1.46 bits per heavy atom. The molecule has 0 fully saturated rings. The smallest absolute Gasteiger partial charge is 0.0353 e. The van der Waals surface area contributed by atoms with E-state index < -0.39 is 0 Å². The number of likely N-dealkylation sites (N-methyl/N-ethyl adjacent to an activating group) is 1. The quantitative estimate of drug-likeness (QED) is 0.611. The standard InChI is InChI=1S/C11H16N2/c1-8-6-13(2)7-9-4-3-5-10(12)11(8)9/h3-5,8H,6-7,12H2,1-2H3. The van der Waals surface area contributed by atoms with Gasteiger partial charge in [0.25, 0.3) is 0 Å². The van der Waals surface area contributed by atoms with Gasteiger partial charge in [-0.05, 0) is 30.2 Å². The Morgan fingerprint density at radius 3 is 3.00 bits per heavy atom. The molecule has 0 radical (unpaired) electrons. The van der Waals surface area contributed by atoms with E-state index in [2.05, 4.69) is 24.9 Å². The predicted molar refractivity (Wildman–Crippen MR) is 55.6 cm³/mol. The number of benzene rings is 1. The van der Waals surface area contributed by atoms with E-state index in [0.29, 0.717) is 5.92 Å². The molecule has 0 amide bonds. The van der Waals surface area contributed by atoms with Gasteiger partial charge in [0.05, 0.1) is 0 Å². The number of fused-ring (bicyclic) bond motifs is 1. The summed E-state index contributed by atoms with van der Waals surface area (Å²) in [6.07, 6.45) is 0. The third-order valence-corrected chi connectivity index (χ3v) is 2.75. The lowest BCUT2D eigenvalue weighted by Crippen LogP contribution is -2.29. The largest absolute Gasteiger partial charge is 0.398 e. The van der Waals surface area contributed by atoms with Gasteiger partial charge < -0.3 is 10.6 Å². The maximum Gasteiger partial charge on any atom is 0.0353 e. The molecule has 2 nitrogen and oxygen atoms in total. The Labute approximate surface area is 79.4 Å². The number of nitrogens with two attached hydrogens (primary N) is 1. The average molecular weight is 176 g/mol. The van der Waals surface area contributed by atoms with Crippen LogP contribution >= 0.6 is 0 Å². The van der Waals surface area contributed by atoms with Crippen molar-refractivity contribution in [3.63, 3.8) is 0 Å². The topological polar surface area (TPSA) is 29.3 Å². The monoisotopic (exact) mass is 176 g/mol. The SMILES string of the molecule is CC1CN(C)Cc2cccc(N)c21. The van der Waals surface area contributed by atoms with Crippen LogP contribution < -0.4 is 5.73 Å². The van der Waals surface area contributed by atoms with Crippen molar-refractivity contribution in [2.45, 2.75) is 19.4 Å². The average Bonchev–Trinajstić information content (AvgIpc) is 2.02. The van der Waals surface area contributed by atoms with Gasteiger partial charge in [0, 0.05) is 18.8 Å². The second-order valence-electron chi connectivity index (χ2n) is 4.02. The molecule has 13 heavy (non-hydrogen) atoms. The fourth-order valence-electron chi connectivity index (χ4n) is 2.29. The molecule has 1 unspecified atom stereocenters. The number of hydrogen-bond acceptors (Lipinski definition) is 2. The number of nitrogens with zero attached hydrogens (tertiary/aromatic N) is 1. The second-order valence-corrected chi connectivity index (χ2v) is 4.02. The molecule has 0 bridgehead atoms. The van der Waals surface area contributed by atoms with Crippen molar-refractivity contribution in [3.05, 3.63) is 29.3 Å². The Bertz CT molecular complexity index is 320. The summed E-state index contributed by atoms with van der Waals surface area (Å²) in [6.45, 7) is 4.39. The number of hydrogen-bond donors (Lipinski definition) is 1. The minimum Gasteiger partial charge on any atom is -0.398 e. The van der Waals surface area contributed by atoms with Crippen LogP contribution in [0.4, 0.5) is 5.69 Å². The van der Waals surface area contributed by atoms with E-state index in [0.717, 1.165) is 18.8 Å². The molecule has 0 saturated carbocycles. The molecule has 1 aliphatic heterocycles. The zero-order valence-electron chi connectivity index (χ0n) is 8.25. The van der Waals surface area contributed by atoms with Gasteiger partial charge in [-0.25, -0.2) is 0 Å². The molecule has 0 spiro atoms. The van der Waals surface area contributed by atoms with E-state index in [1.807, 2.05) is 12.1 Å². The highest BCUT2D eigenvalue weighted by Gasteiger charge is 2.21. The van der Waals surface area contributed by atoms with Crippen LogP contribution in [0.5, 0.6) is 0 Å². The highest BCUT2D eigenvalue weighted by molar-refractivity contribution is 5.53. The van der Waals surface area contributed by atoms with Crippen LogP contribution in [-0.4, -0.2) is 18.5 Å². The minimum absolute atomic E-state index is 0.565. The molecule has 2 heteroatoms. The first-order chi connectivity index (χ1) is 6.18. The van der Waals surface area contributed by atoms with Gasteiger partial charge >= 0.3 is 0 Å². The van der Waals surface area contributed by atoms with Gasteiger partial charge in [-0.3, -0.25) is 0 Å². The summed E-state index contributed by atoms with van der Waals surface area (Å²) in [7, 11) is 2.16. The normalized spacial score (nSPS) is 22.8. The lowest BCUT2D eigenvalue weighted by Gasteiger charge is -2.31. The van der Waals surface area contributed by atoms with Gasteiger partial charge in [0.2, 0.25) is 0 Å². The van der Waals surface area contributed by atoms with Gasteiger partial charge in [0.15, 0.2) is 0 Å². The molecule has 1 aromatic rings. The van der Waals surface area contributed by atoms with Crippen LogP contribution in [0, 0.1) is 0 Å². The zero-order chi connectivity index (χ0) is 9.42. The van der Waals surface area contributed by atoms with Crippen LogP contribution in [0.2, 0.25) is 0 Å². The summed E-state index contributed by atoms with van der Waals surface area (Å²) < 4.78 is 0. The predicted octanol–water partition coefficient (Wildman–Crippen LogP) is 1.82. The Kier molecular flexibility index (Phi) is 2.00. The molecule has 0 saturated heterocycles. The number of anilines is 1. The first kappa shape index (κ1) is 8.57. The minimum atomic E-state index is 0.565. The molecular weight excluding hydrogens is 160 g/mol. The molecule has 2 N–H and O–H groups in total. The number of rotatable bonds is 0. The third kappa shape index (κ3) is 1.42. The first-order valence-corrected chi connectivity index (χ1v) is 4.74. The van der Waals surface area contributed by atoms with Crippen LogP contribution in [0.25, 0.3) is 0 Å². The summed E-state index contributed by atoms with van der Waals surface area (Å²) >= 11 is 0. The highest BCUT2D eigenvalue weighted by Crippen LogP contribution is 2.31. The summed E-state index contributed by atoms with van der Waals surface area (Å²) in [5.41, 5.74) is 9.67. The molecule has 1 atom stereocenters. The van der Waals surface area contributed by atoms with Crippen molar-refractivity contribution >= 4 is 5.69 Å². The van der Waals surface area contributed by atoms with Gasteiger partial charge in [-0.1, -0.05) is 19.1 Å². The Balaban J connectivity index is 2.49. The summed E-state index contributed by atoms with van der Waals surface area (Å²) in [5.74, 6) is 0.565. The van der Waals surface area contributed by atoms with E-state index in [4.69, 9.17) is 5.73 Å². The van der Waals surface area contributed by atoms with Gasteiger partial charge in [-0.2, -0.15) is 0 Å².